The van der Waals surface area contributed by atoms with Crippen molar-refractivity contribution in [2.75, 3.05) is 18.5 Å². The van der Waals surface area contributed by atoms with E-state index < -0.39 is 30.4 Å². The van der Waals surface area contributed by atoms with Gasteiger partial charge in [0.15, 0.2) is 6.10 Å². The molecular weight excluding hydrogens is 568 g/mol. The second kappa shape index (κ2) is 16.5. The van der Waals surface area contributed by atoms with Crippen molar-refractivity contribution < 1.29 is 28.5 Å². The van der Waals surface area contributed by atoms with E-state index >= 15 is 0 Å². The molecule has 0 unspecified atom stereocenters. The molecule has 1 heterocycles. The van der Waals surface area contributed by atoms with E-state index in [1.807, 2.05) is 116 Å². The summed E-state index contributed by atoms with van der Waals surface area (Å²) in [5.41, 5.74) is 3.49. The van der Waals surface area contributed by atoms with E-state index in [1.165, 1.54) is 0 Å². The molecule has 4 aromatic carbocycles. The molecule has 1 aliphatic heterocycles. The number of hydrogen-bond acceptors (Lipinski definition) is 6. The van der Waals surface area contributed by atoms with E-state index in [2.05, 4.69) is 5.32 Å². The number of likely N-dealkylation sites (tertiary alicyclic amines) is 1. The standard InChI is InChI=1S/C37H40N2O6/c1-2-23-39-32(27-45-37(41)38-31-21-13-6-14-22-31)33(42-24-28-15-7-3-8-16-28)34(43-25-29-17-9-4-10-18-29)35(36(39)40)44-26-30-19-11-5-12-20-30/h3-22,32-35H,2,23-27H2,1H3,(H,38,41)/t32-,33-,34-,35-/m1/s1. The predicted octanol–water partition coefficient (Wildman–Crippen LogP) is 6.61. The van der Waals surface area contributed by atoms with Crippen molar-refractivity contribution in [2.24, 2.45) is 0 Å². The van der Waals surface area contributed by atoms with Gasteiger partial charge in [0.1, 0.15) is 18.8 Å². The molecule has 0 bridgehead atoms. The van der Waals surface area contributed by atoms with Crippen LogP contribution in [0.25, 0.3) is 0 Å². The maximum Gasteiger partial charge on any atom is 0.411 e. The molecule has 1 N–H and O–H groups in total. The van der Waals surface area contributed by atoms with Crippen molar-refractivity contribution in [3.8, 4) is 0 Å². The first-order valence-electron chi connectivity index (χ1n) is 15.4. The number of nitrogens with one attached hydrogen (secondary N) is 1. The molecule has 2 amide bonds. The molecule has 4 aromatic rings. The lowest BCUT2D eigenvalue weighted by atomic mass is 9.92. The zero-order valence-electron chi connectivity index (χ0n) is 25.5. The number of anilines is 1. The Morgan fingerprint density at radius 3 is 1.64 bits per heavy atom. The van der Waals surface area contributed by atoms with E-state index in [9.17, 15) is 9.59 Å². The minimum atomic E-state index is -0.935. The molecular formula is C37H40N2O6. The molecule has 0 saturated carbocycles. The maximum atomic E-state index is 14.2. The monoisotopic (exact) mass is 608 g/mol. The number of piperidine rings is 1. The number of hydrogen-bond donors (Lipinski definition) is 1. The highest BCUT2D eigenvalue weighted by atomic mass is 16.6. The number of nitrogens with zero attached hydrogens (tertiary/aromatic N) is 1. The average Bonchev–Trinajstić information content (AvgIpc) is 3.08. The third kappa shape index (κ3) is 9.01. The van der Waals surface area contributed by atoms with Gasteiger partial charge in [-0.05, 0) is 35.2 Å². The predicted molar refractivity (Wildman–Crippen MR) is 172 cm³/mol. The minimum absolute atomic E-state index is 0.0829. The van der Waals surface area contributed by atoms with Gasteiger partial charge in [0.2, 0.25) is 0 Å². The SMILES string of the molecule is CCCN1C(=O)[C@H](OCc2ccccc2)[C@H](OCc2ccccc2)[C@H](OCc2ccccc2)[C@H]1COC(=O)Nc1ccccc1. The van der Waals surface area contributed by atoms with Crippen molar-refractivity contribution in [1.29, 1.82) is 0 Å². The van der Waals surface area contributed by atoms with Crippen LogP contribution in [0, 0.1) is 0 Å². The summed E-state index contributed by atoms with van der Waals surface area (Å²) in [7, 11) is 0. The summed E-state index contributed by atoms with van der Waals surface area (Å²) in [6.07, 6.45) is -2.29. The van der Waals surface area contributed by atoms with Crippen LogP contribution in [-0.2, 0) is 43.6 Å². The molecule has 0 aliphatic carbocycles. The number of para-hydroxylation sites is 1. The largest absolute Gasteiger partial charge is 0.447 e. The smallest absolute Gasteiger partial charge is 0.411 e. The summed E-state index contributed by atoms with van der Waals surface area (Å²) >= 11 is 0. The zero-order valence-corrected chi connectivity index (χ0v) is 25.5. The molecule has 1 saturated heterocycles. The van der Waals surface area contributed by atoms with Crippen LogP contribution >= 0.6 is 0 Å². The summed E-state index contributed by atoms with van der Waals surface area (Å²) in [6.45, 7) is 3.13. The summed E-state index contributed by atoms with van der Waals surface area (Å²) in [6, 6.07) is 37.8. The topological polar surface area (TPSA) is 86.3 Å². The van der Waals surface area contributed by atoms with Gasteiger partial charge in [-0.25, -0.2) is 4.79 Å². The van der Waals surface area contributed by atoms with Gasteiger partial charge >= 0.3 is 6.09 Å². The van der Waals surface area contributed by atoms with Gasteiger partial charge in [-0.1, -0.05) is 116 Å². The molecule has 4 atom stereocenters. The molecule has 0 spiro atoms. The highest BCUT2D eigenvalue weighted by Crippen LogP contribution is 2.30. The molecule has 0 radical (unpaired) electrons. The van der Waals surface area contributed by atoms with Gasteiger partial charge in [-0.3, -0.25) is 10.1 Å². The number of carbonyl (C=O) groups excluding carboxylic acids is 2. The molecule has 234 valence electrons. The first kappa shape index (κ1) is 31.9. The summed E-state index contributed by atoms with van der Waals surface area (Å²) in [5, 5.41) is 2.76. The van der Waals surface area contributed by atoms with Gasteiger partial charge in [0, 0.05) is 12.2 Å². The maximum absolute atomic E-state index is 14.2. The fourth-order valence-corrected chi connectivity index (χ4v) is 5.42. The third-order valence-electron chi connectivity index (χ3n) is 7.64. The quantitative estimate of drug-likeness (QED) is 0.173. The molecule has 8 heteroatoms. The van der Waals surface area contributed by atoms with Crippen molar-refractivity contribution >= 4 is 17.7 Å². The molecule has 1 fully saturated rings. The molecule has 45 heavy (non-hydrogen) atoms. The van der Waals surface area contributed by atoms with Crippen molar-refractivity contribution in [1.82, 2.24) is 4.90 Å². The average molecular weight is 609 g/mol. The fraction of sp³-hybridized carbons (Fsp3) is 0.297. The summed E-state index contributed by atoms with van der Waals surface area (Å²) in [5.74, 6) is -0.220. The Hall–Kier alpha value is -4.50. The van der Waals surface area contributed by atoms with Crippen LogP contribution in [0.1, 0.15) is 30.0 Å². The Balaban J connectivity index is 1.44. The molecule has 5 rings (SSSR count). The van der Waals surface area contributed by atoms with Crippen LogP contribution in [0.5, 0.6) is 0 Å². The van der Waals surface area contributed by atoms with Gasteiger partial charge in [-0.2, -0.15) is 0 Å². The highest BCUT2D eigenvalue weighted by molar-refractivity contribution is 5.85. The molecule has 8 nitrogen and oxygen atoms in total. The Kier molecular flexibility index (Phi) is 11.7. The van der Waals surface area contributed by atoms with Crippen molar-refractivity contribution in [3.05, 3.63) is 138 Å². The van der Waals surface area contributed by atoms with Crippen LogP contribution in [0.4, 0.5) is 10.5 Å². The number of amides is 2. The van der Waals surface area contributed by atoms with E-state index in [-0.39, 0.29) is 32.3 Å². The van der Waals surface area contributed by atoms with Crippen molar-refractivity contribution in [2.45, 2.75) is 57.5 Å². The van der Waals surface area contributed by atoms with Crippen molar-refractivity contribution in [3.63, 3.8) is 0 Å². The lowest BCUT2D eigenvalue weighted by Gasteiger charge is -2.47. The van der Waals surface area contributed by atoms with Crippen LogP contribution in [0.15, 0.2) is 121 Å². The molecule has 0 aromatic heterocycles. The normalized spacial score (nSPS) is 19.7. The van der Waals surface area contributed by atoms with Gasteiger partial charge in [-0.15, -0.1) is 0 Å². The number of carbonyl (C=O) groups is 2. The van der Waals surface area contributed by atoms with Gasteiger partial charge in [0.05, 0.1) is 25.9 Å². The zero-order chi connectivity index (χ0) is 31.3. The highest BCUT2D eigenvalue weighted by Gasteiger charge is 2.51. The lowest BCUT2D eigenvalue weighted by Crippen LogP contribution is -2.67. The second-order valence-corrected chi connectivity index (χ2v) is 10.9. The minimum Gasteiger partial charge on any atom is -0.447 e. The van der Waals surface area contributed by atoms with E-state index in [4.69, 9.17) is 18.9 Å². The van der Waals surface area contributed by atoms with Crippen LogP contribution in [0.2, 0.25) is 0 Å². The number of benzene rings is 4. The van der Waals surface area contributed by atoms with Gasteiger partial charge < -0.3 is 23.8 Å². The van der Waals surface area contributed by atoms with Crippen LogP contribution in [0.3, 0.4) is 0 Å². The Morgan fingerprint density at radius 2 is 1.13 bits per heavy atom. The van der Waals surface area contributed by atoms with Crippen LogP contribution in [-0.4, -0.2) is 54.4 Å². The first-order valence-corrected chi connectivity index (χ1v) is 15.4. The Morgan fingerprint density at radius 1 is 0.667 bits per heavy atom. The molecule has 1 aliphatic rings. The first-order chi connectivity index (χ1) is 22.1. The number of rotatable bonds is 14. The van der Waals surface area contributed by atoms with E-state index in [0.29, 0.717) is 18.7 Å². The summed E-state index contributed by atoms with van der Waals surface area (Å²) < 4.78 is 25.3. The third-order valence-corrected chi connectivity index (χ3v) is 7.64. The van der Waals surface area contributed by atoms with E-state index in [1.54, 1.807) is 17.0 Å². The van der Waals surface area contributed by atoms with E-state index in [0.717, 1.165) is 16.7 Å². The Bertz CT molecular complexity index is 1460. The second-order valence-electron chi connectivity index (χ2n) is 10.9. The lowest BCUT2D eigenvalue weighted by molar-refractivity contribution is -0.211. The number of ether oxygens (including phenoxy) is 4. The summed E-state index contributed by atoms with van der Waals surface area (Å²) in [4.78, 5) is 28.8. The van der Waals surface area contributed by atoms with Crippen LogP contribution < -0.4 is 5.32 Å². The Labute approximate surface area is 264 Å². The fourth-order valence-electron chi connectivity index (χ4n) is 5.42. The van der Waals surface area contributed by atoms with Gasteiger partial charge in [0.25, 0.3) is 5.91 Å².